The number of rotatable bonds is 3. The quantitative estimate of drug-likeness (QED) is 0.862. The van der Waals surface area contributed by atoms with E-state index in [9.17, 15) is 4.79 Å². The molecule has 2 aliphatic rings. The van der Waals surface area contributed by atoms with E-state index in [1.165, 1.54) is 19.3 Å². The van der Waals surface area contributed by atoms with Crippen LogP contribution >= 0.6 is 0 Å². The van der Waals surface area contributed by atoms with Gasteiger partial charge in [0.2, 0.25) is 5.91 Å². The van der Waals surface area contributed by atoms with E-state index in [0.29, 0.717) is 12.6 Å². The Kier molecular flexibility index (Phi) is 2.75. The molecule has 17 heavy (non-hydrogen) atoms. The molecule has 2 unspecified atom stereocenters. The molecule has 3 nitrogen and oxygen atoms in total. The minimum absolute atomic E-state index is 0.251. The minimum atomic E-state index is 0.251. The second-order valence-electron chi connectivity index (χ2n) is 5.10. The maximum absolute atomic E-state index is 12.1. The summed E-state index contributed by atoms with van der Waals surface area (Å²) in [7, 11) is 0. The van der Waals surface area contributed by atoms with Crippen LogP contribution in [0.15, 0.2) is 30.3 Å². The van der Waals surface area contributed by atoms with E-state index in [2.05, 4.69) is 10.2 Å². The Morgan fingerprint density at radius 1 is 1.29 bits per heavy atom. The summed E-state index contributed by atoms with van der Waals surface area (Å²) in [6.07, 6.45) is 3.76. The van der Waals surface area contributed by atoms with Crippen LogP contribution in [0, 0.1) is 5.92 Å². The fourth-order valence-electron chi connectivity index (χ4n) is 3.07. The Labute approximate surface area is 102 Å². The number of amides is 1. The van der Waals surface area contributed by atoms with Crippen molar-refractivity contribution in [3.63, 3.8) is 0 Å². The number of para-hydroxylation sites is 1. The number of carbonyl (C=O) groups is 1. The predicted molar refractivity (Wildman–Crippen MR) is 67.8 cm³/mol. The van der Waals surface area contributed by atoms with Crippen LogP contribution in [0.25, 0.3) is 0 Å². The van der Waals surface area contributed by atoms with E-state index in [-0.39, 0.29) is 5.91 Å². The maximum Gasteiger partial charge on any atom is 0.242 e. The zero-order chi connectivity index (χ0) is 11.7. The molecule has 1 aliphatic carbocycles. The van der Waals surface area contributed by atoms with E-state index in [0.717, 1.165) is 18.2 Å². The highest BCUT2D eigenvalue weighted by Crippen LogP contribution is 2.37. The number of benzene rings is 1. The third kappa shape index (κ3) is 2.14. The second-order valence-corrected chi connectivity index (χ2v) is 5.10. The van der Waals surface area contributed by atoms with Gasteiger partial charge in [-0.3, -0.25) is 4.79 Å². The molecule has 1 saturated heterocycles. The Morgan fingerprint density at radius 3 is 2.76 bits per heavy atom. The molecule has 1 saturated carbocycles. The van der Waals surface area contributed by atoms with Crippen molar-refractivity contribution in [3.05, 3.63) is 30.3 Å². The summed E-state index contributed by atoms with van der Waals surface area (Å²) in [5.41, 5.74) is 1.02. The first-order valence-electron chi connectivity index (χ1n) is 6.41. The highest BCUT2D eigenvalue weighted by molar-refractivity contribution is 5.81. The van der Waals surface area contributed by atoms with Crippen molar-refractivity contribution in [3.8, 4) is 0 Å². The molecule has 0 aromatic heterocycles. The Bertz CT molecular complexity index is 404. The first-order valence-corrected chi connectivity index (χ1v) is 6.41. The van der Waals surface area contributed by atoms with Gasteiger partial charge >= 0.3 is 0 Å². The first kappa shape index (κ1) is 10.6. The van der Waals surface area contributed by atoms with Crippen LogP contribution in [0.5, 0.6) is 0 Å². The normalized spacial score (nSPS) is 26.2. The van der Waals surface area contributed by atoms with Crippen molar-refractivity contribution in [1.82, 2.24) is 4.90 Å². The van der Waals surface area contributed by atoms with Gasteiger partial charge in [-0.1, -0.05) is 18.2 Å². The number of nitrogens with zero attached hydrogens (tertiary/aromatic N) is 1. The molecule has 1 heterocycles. The Morgan fingerprint density at radius 2 is 2.12 bits per heavy atom. The van der Waals surface area contributed by atoms with Crippen molar-refractivity contribution in [2.24, 2.45) is 5.92 Å². The molecule has 2 atom stereocenters. The molecule has 2 fully saturated rings. The van der Waals surface area contributed by atoms with Gasteiger partial charge in [0.15, 0.2) is 0 Å². The van der Waals surface area contributed by atoms with Gasteiger partial charge in [0.1, 0.15) is 0 Å². The third-order valence-corrected chi connectivity index (χ3v) is 3.95. The lowest BCUT2D eigenvalue weighted by atomic mass is 10.1. The fraction of sp³-hybridized carbons (Fsp3) is 0.500. The topological polar surface area (TPSA) is 32.3 Å². The maximum atomic E-state index is 12.1. The smallest absolute Gasteiger partial charge is 0.242 e. The number of hydrogen-bond donors (Lipinski definition) is 1. The van der Waals surface area contributed by atoms with Crippen molar-refractivity contribution in [1.29, 1.82) is 0 Å². The van der Waals surface area contributed by atoms with E-state index < -0.39 is 0 Å². The van der Waals surface area contributed by atoms with Crippen LogP contribution in [0.1, 0.15) is 19.3 Å². The summed E-state index contributed by atoms with van der Waals surface area (Å²) in [6, 6.07) is 10.4. The lowest BCUT2D eigenvalue weighted by Gasteiger charge is -2.27. The van der Waals surface area contributed by atoms with E-state index in [1.54, 1.807) is 0 Å². The Hall–Kier alpha value is -1.51. The second kappa shape index (κ2) is 4.40. The molecule has 3 rings (SSSR count). The molecule has 0 spiro atoms. The van der Waals surface area contributed by atoms with Crippen LogP contribution in [0.3, 0.4) is 0 Å². The lowest BCUT2D eigenvalue weighted by molar-refractivity contribution is -0.130. The molecule has 0 radical (unpaired) electrons. The summed E-state index contributed by atoms with van der Waals surface area (Å²) < 4.78 is 0. The van der Waals surface area contributed by atoms with Crippen LogP contribution < -0.4 is 5.32 Å². The van der Waals surface area contributed by atoms with Gasteiger partial charge in [-0.2, -0.15) is 0 Å². The highest BCUT2D eigenvalue weighted by atomic mass is 16.2. The predicted octanol–water partition coefficient (Wildman–Crippen LogP) is 2.11. The van der Waals surface area contributed by atoms with E-state index >= 15 is 0 Å². The monoisotopic (exact) mass is 230 g/mol. The lowest BCUT2D eigenvalue weighted by Crippen LogP contribution is -2.40. The average Bonchev–Trinajstić information content (AvgIpc) is 2.99. The SMILES string of the molecule is O=C(CNc1ccccc1)N1CC2CCC1C2. The largest absolute Gasteiger partial charge is 0.376 e. The zero-order valence-electron chi connectivity index (χ0n) is 9.93. The number of nitrogens with one attached hydrogen (secondary N) is 1. The van der Waals surface area contributed by atoms with E-state index in [4.69, 9.17) is 0 Å². The van der Waals surface area contributed by atoms with Gasteiger partial charge in [0, 0.05) is 18.3 Å². The summed E-state index contributed by atoms with van der Waals surface area (Å²) >= 11 is 0. The van der Waals surface area contributed by atoms with Crippen LogP contribution in [0.2, 0.25) is 0 Å². The molecule has 1 aromatic rings. The first-order chi connectivity index (χ1) is 8.33. The molecule has 3 heteroatoms. The van der Waals surface area contributed by atoms with Gasteiger partial charge in [-0.15, -0.1) is 0 Å². The molecular formula is C14H18N2O. The fourth-order valence-corrected chi connectivity index (χ4v) is 3.07. The van der Waals surface area contributed by atoms with Gasteiger partial charge in [0.25, 0.3) is 0 Å². The van der Waals surface area contributed by atoms with Crippen molar-refractivity contribution in [2.45, 2.75) is 25.3 Å². The molecule has 1 aliphatic heterocycles. The molecule has 2 bridgehead atoms. The zero-order valence-corrected chi connectivity index (χ0v) is 9.93. The number of fused-ring (bicyclic) bond motifs is 2. The molecule has 1 amide bonds. The Balaban J connectivity index is 1.54. The summed E-state index contributed by atoms with van der Waals surface area (Å²) in [6.45, 7) is 1.41. The summed E-state index contributed by atoms with van der Waals surface area (Å²) in [5, 5.41) is 3.19. The van der Waals surface area contributed by atoms with Gasteiger partial charge in [-0.05, 0) is 37.3 Å². The van der Waals surface area contributed by atoms with Crippen molar-refractivity contribution >= 4 is 11.6 Å². The molecular weight excluding hydrogens is 212 g/mol. The highest BCUT2D eigenvalue weighted by Gasteiger charge is 2.39. The number of carbonyl (C=O) groups excluding carboxylic acids is 1. The van der Waals surface area contributed by atoms with Gasteiger partial charge < -0.3 is 10.2 Å². The number of likely N-dealkylation sites (tertiary alicyclic amines) is 1. The standard InChI is InChI=1S/C14H18N2O/c17-14(9-15-12-4-2-1-3-5-12)16-10-11-6-7-13(16)8-11/h1-5,11,13,15H,6-10H2. The van der Waals surface area contributed by atoms with Crippen LogP contribution in [-0.4, -0.2) is 29.9 Å². The molecule has 1 N–H and O–H groups in total. The number of hydrogen-bond acceptors (Lipinski definition) is 2. The molecule has 1 aromatic carbocycles. The van der Waals surface area contributed by atoms with Gasteiger partial charge in [0.05, 0.1) is 6.54 Å². The van der Waals surface area contributed by atoms with Gasteiger partial charge in [-0.25, -0.2) is 0 Å². The van der Waals surface area contributed by atoms with Crippen LogP contribution in [0.4, 0.5) is 5.69 Å². The van der Waals surface area contributed by atoms with Crippen LogP contribution in [-0.2, 0) is 4.79 Å². The molecule has 90 valence electrons. The number of piperidine rings is 1. The third-order valence-electron chi connectivity index (χ3n) is 3.95. The minimum Gasteiger partial charge on any atom is -0.376 e. The average molecular weight is 230 g/mol. The van der Waals surface area contributed by atoms with E-state index in [1.807, 2.05) is 30.3 Å². The van der Waals surface area contributed by atoms with Crippen molar-refractivity contribution < 1.29 is 4.79 Å². The number of anilines is 1. The summed E-state index contributed by atoms with van der Waals surface area (Å²) in [4.78, 5) is 14.1. The van der Waals surface area contributed by atoms with Crippen molar-refractivity contribution in [2.75, 3.05) is 18.4 Å². The summed E-state index contributed by atoms with van der Waals surface area (Å²) in [5.74, 6) is 1.03.